The van der Waals surface area contributed by atoms with Gasteiger partial charge in [0.2, 0.25) is 0 Å². The summed E-state index contributed by atoms with van der Waals surface area (Å²) in [5.74, 6) is 0.398. The second kappa shape index (κ2) is 4.91. The molecule has 0 bridgehead atoms. The predicted molar refractivity (Wildman–Crippen MR) is 64.3 cm³/mol. The van der Waals surface area contributed by atoms with Gasteiger partial charge in [0.1, 0.15) is 11.5 Å². The van der Waals surface area contributed by atoms with E-state index in [9.17, 15) is 9.90 Å². The number of hydrogen-bond acceptors (Lipinski definition) is 3. The fourth-order valence-corrected chi connectivity index (χ4v) is 1.81. The first kappa shape index (κ1) is 11.5. The first-order valence-electron chi connectivity index (χ1n) is 5.53. The summed E-state index contributed by atoms with van der Waals surface area (Å²) < 4.78 is 5.05. The molecular formula is C13H15NO3. The van der Waals surface area contributed by atoms with Crippen molar-refractivity contribution in [3.05, 3.63) is 35.9 Å². The van der Waals surface area contributed by atoms with Crippen LogP contribution >= 0.6 is 0 Å². The van der Waals surface area contributed by atoms with Gasteiger partial charge in [0.15, 0.2) is 0 Å². The van der Waals surface area contributed by atoms with E-state index >= 15 is 0 Å². The van der Waals surface area contributed by atoms with Gasteiger partial charge in [0, 0.05) is 13.1 Å². The Morgan fingerprint density at radius 2 is 2.24 bits per heavy atom. The highest BCUT2D eigenvalue weighted by atomic mass is 16.5. The molecule has 17 heavy (non-hydrogen) atoms. The SMILES string of the molecule is COc1ccc(O)c(C(=O)N2CC=CCC2)c1. The molecule has 1 aliphatic rings. The van der Waals surface area contributed by atoms with Crippen LogP contribution in [0, 0.1) is 0 Å². The molecule has 0 aromatic heterocycles. The highest BCUT2D eigenvalue weighted by Crippen LogP contribution is 2.24. The van der Waals surface area contributed by atoms with Gasteiger partial charge in [-0.1, -0.05) is 12.2 Å². The number of phenols is 1. The van der Waals surface area contributed by atoms with Crippen LogP contribution in [0.2, 0.25) is 0 Å². The summed E-state index contributed by atoms with van der Waals surface area (Å²) in [5.41, 5.74) is 0.291. The zero-order valence-electron chi connectivity index (χ0n) is 9.72. The molecule has 1 aromatic carbocycles. The maximum absolute atomic E-state index is 12.2. The van der Waals surface area contributed by atoms with Gasteiger partial charge >= 0.3 is 0 Å². The number of carbonyl (C=O) groups excluding carboxylic acids is 1. The van der Waals surface area contributed by atoms with Crippen LogP contribution in [0.1, 0.15) is 16.8 Å². The van der Waals surface area contributed by atoms with Crippen LogP contribution in [0.3, 0.4) is 0 Å². The van der Waals surface area contributed by atoms with Gasteiger partial charge in [-0.15, -0.1) is 0 Å². The molecule has 0 atom stereocenters. The lowest BCUT2D eigenvalue weighted by Crippen LogP contribution is -2.33. The summed E-state index contributed by atoms with van der Waals surface area (Å²) in [6, 6.07) is 4.67. The fourth-order valence-electron chi connectivity index (χ4n) is 1.81. The number of benzene rings is 1. The normalized spacial score (nSPS) is 14.8. The number of nitrogens with zero attached hydrogens (tertiary/aromatic N) is 1. The van der Waals surface area contributed by atoms with E-state index in [0.717, 1.165) is 6.42 Å². The average molecular weight is 233 g/mol. The fraction of sp³-hybridized carbons (Fsp3) is 0.308. The molecule has 0 aliphatic carbocycles. The number of phenolic OH excluding ortho intramolecular Hbond substituents is 1. The van der Waals surface area contributed by atoms with Gasteiger partial charge < -0.3 is 14.7 Å². The van der Waals surface area contributed by atoms with Crippen LogP contribution in [0.25, 0.3) is 0 Å². The third kappa shape index (κ3) is 2.41. The third-order valence-electron chi connectivity index (χ3n) is 2.78. The van der Waals surface area contributed by atoms with Gasteiger partial charge in [0.25, 0.3) is 5.91 Å². The van der Waals surface area contributed by atoms with E-state index in [-0.39, 0.29) is 11.7 Å². The van der Waals surface area contributed by atoms with E-state index < -0.39 is 0 Å². The summed E-state index contributed by atoms with van der Waals surface area (Å²) in [4.78, 5) is 13.9. The van der Waals surface area contributed by atoms with Crippen molar-refractivity contribution >= 4 is 5.91 Å². The molecule has 90 valence electrons. The Morgan fingerprint density at radius 1 is 1.41 bits per heavy atom. The maximum atomic E-state index is 12.2. The van der Waals surface area contributed by atoms with Crippen molar-refractivity contribution in [3.8, 4) is 11.5 Å². The quantitative estimate of drug-likeness (QED) is 0.792. The minimum atomic E-state index is -0.161. The maximum Gasteiger partial charge on any atom is 0.258 e. The molecule has 1 heterocycles. The molecule has 4 heteroatoms. The molecule has 0 radical (unpaired) electrons. The zero-order chi connectivity index (χ0) is 12.3. The number of aromatic hydroxyl groups is 1. The number of hydrogen-bond donors (Lipinski definition) is 1. The molecule has 1 N–H and O–H groups in total. The highest BCUT2D eigenvalue weighted by molar-refractivity contribution is 5.97. The monoisotopic (exact) mass is 233 g/mol. The molecule has 1 aromatic rings. The summed E-state index contributed by atoms with van der Waals surface area (Å²) >= 11 is 0. The van der Waals surface area contributed by atoms with Crippen LogP contribution in [0.4, 0.5) is 0 Å². The third-order valence-corrected chi connectivity index (χ3v) is 2.78. The molecule has 2 rings (SSSR count). The standard InChI is InChI=1S/C13H15NO3/c1-17-10-5-6-12(15)11(9-10)13(16)14-7-3-2-4-8-14/h2-3,5-6,9,15H,4,7-8H2,1H3. The number of carbonyl (C=O) groups is 1. The Morgan fingerprint density at radius 3 is 2.88 bits per heavy atom. The van der Waals surface area contributed by atoms with Crippen molar-refractivity contribution in [2.75, 3.05) is 20.2 Å². The molecule has 0 fully saturated rings. The molecule has 0 unspecified atom stereocenters. The van der Waals surface area contributed by atoms with E-state index in [2.05, 4.69) is 6.08 Å². The number of methoxy groups -OCH3 is 1. The molecule has 0 spiro atoms. The predicted octanol–water partition coefficient (Wildman–Crippen LogP) is 1.80. The average Bonchev–Trinajstić information content (AvgIpc) is 2.39. The van der Waals surface area contributed by atoms with E-state index in [0.29, 0.717) is 24.4 Å². The lowest BCUT2D eigenvalue weighted by Gasteiger charge is -2.23. The largest absolute Gasteiger partial charge is 0.507 e. The smallest absolute Gasteiger partial charge is 0.258 e. The van der Waals surface area contributed by atoms with Crippen molar-refractivity contribution in [2.45, 2.75) is 6.42 Å². The van der Waals surface area contributed by atoms with Crippen LogP contribution in [-0.4, -0.2) is 36.1 Å². The highest BCUT2D eigenvalue weighted by Gasteiger charge is 2.19. The van der Waals surface area contributed by atoms with Crippen LogP contribution in [0.5, 0.6) is 11.5 Å². The minimum absolute atomic E-state index is 0.00893. The van der Waals surface area contributed by atoms with E-state index in [1.807, 2.05) is 6.08 Å². The second-order valence-corrected chi connectivity index (χ2v) is 3.89. The van der Waals surface area contributed by atoms with Gasteiger partial charge in [-0.3, -0.25) is 4.79 Å². The first-order valence-corrected chi connectivity index (χ1v) is 5.53. The summed E-state index contributed by atoms with van der Waals surface area (Å²) in [5, 5.41) is 9.71. The van der Waals surface area contributed by atoms with Crippen LogP contribution < -0.4 is 4.74 Å². The van der Waals surface area contributed by atoms with Crippen molar-refractivity contribution < 1.29 is 14.6 Å². The van der Waals surface area contributed by atoms with Crippen molar-refractivity contribution in [1.82, 2.24) is 4.90 Å². The van der Waals surface area contributed by atoms with Crippen molar-refractivity contribution in [2.24, 2.45) is 0 Å². The van der Waals surface area contributed by atoms with E-state index in [1.165, 1.54) is 13.2 Å². The number of rotatable bonds is 2. The van der Waals surface area contributed by atoms with Crippen molar-refractivity contribution in [1.29, 1.82) is 0 Å². The van der Waals surface area contributed by atoms with Gasteiger partial charge in [-0.25, -0.2) is 0 Å². The van der Waals surface area contributed by atoms with E-state index in [4.69, 9.17) is 4.74 Å². The molecule has 1 amide bonds. The lowest BCUT2D eigenvalue weighted by molar-refractivity contribution is 0.0767. The molecule has 0 saturated carbocycles. The summed E-state index contributed by atoms with van der Waals surface area (Å²) in [7, 11) is 1.53. The summed E-state index contributed by atoms with van der Waals surface area (Å²) in [6.45, 7) is 1.28. The topological polar surface area (TPSA) is 49.8 Å². The van der Waals surface area contributed by atoms with Gasteiger partial charge in [-0.05, 0) is 24.6 Å². The molecular weight excluding hydrogens is 218 g/mol. The van der Waals surface area contributed by atoms with E-state index in [1.54, 1.807) is 17.0 Å². The first-order chi connectivity index (χ1) is 8.22. The zero-order valence-corrected chi connectivity index (χ0v) is 9.72. The Balaban J connectivity index is 2.26. The van der Waals surface area contributed by atoms with Gasteiger partial charge in [-0.2, -0.15) is 0 Å². The molecule has 1 aliphatic heterocycles. The second-order valence-electron chi connectivity index (χ2n) is 3.89. The Kier molecular flexibility index (Phi) is 3.32. The Labute approximate surface area is 100 Å². The minimum Gasteiger partial charge on any atom is -0.507 e. The number of amides is 1. The number of ether oxygens (including phenoxy) is 1. The van der Waals surface area contributed by atoms with Crippen LogP contribution in [-0.2, 0) is 0 Å². The lowest BCUT2D eigenvalue weighted by atomic mass is 10.1. The molecule has 4 nitrogen and oxygen atoms in total. The Hall–Kier alpha value is -1.97. The van der Waals surface area contributed by atoms with Crippen LogP contribution in [0.15, 0.2) is 30.4 Å². The summed E-state index contributed by atoms with van der Waals surface area (Å²) in [6.07, 6.45) is 4.87. The Bertz CT molecular complexity index is 454. The molecule has 0 saturated heterocycles. The van der Waals surface area contributed by atoms with Crippen molar-refractivity contribution in [3.63, 3.8) is 0 Å². The van der Waals surface area contributed by atoms with Gasteiger partial charge in [0.05, 0.1) is 12.7 Å².